The van der Waals surface area contributed by atoms with Crippen LogP contribution in [0.2, 0.25) is 0 Å². The highest BCUT2D eigenvalue weighted by atomic mass is 16.5. The van der Waals surface area contributed by atoms with Crippen molar-refractivity contribution >= 4 is 11.8 Å². The normalized spacial score (nSPS) is 23.3. The van der Waals surface area contributed by atoms with Gasteiger partial charge in [0.25, 0.3) is 5.91 Å². The number of methoxy groups -OCH3 is 2. The Morgan fingerprint density at radius 3 is 2.46 bits per heavy atom. The molecule has 3 rings (SSSR count). The van der Waals surface area contributed by atoms with E-state index in [1.54, 1.807) is 24.9 Å². The summed E-state index contributed by atoms with van der Waals surface area (Å²) < 4.78 is 11.7. The van der Waals surface area contributed by atoms with E-state index in [1.807, 2.05) is 9.80 Å². The summed E-state index contributed by atoms with van der Waals surface area (Å²) in [5, 5.41) is 4.27. The first-order valence-corrected chi connectivity index (χ1v) is 8.22. The van der Waals surface area contributed by atoms with Crippen LogP contribution in [0, 0.1) is 0 Å². The van der Waals surface area contributed by atoms with Gasteiger partial charge in [0.2, 0.25) is 11.8 Å². The topological polar surface area (TPSA) is 76.9 Å². The molecule has 2 aliphatic rings. The number of hydrogen-bond acceptors (Lipinski definition) is 5. The van der Waals surface area contributed by atoms with Gasteiger partial charge in [-0.3, -0.25) is 9.59 Å². The van der Waals surface area contributed by atoms with Crippen LogP contribution in [-0.4, -0.2) is 77.4 Å². The lowest BCUT2D eigenvalue weighted by molar-refractivity contribution is -0.140. The summed E-state index contributed by atoms with van der Waals surface area (Å²) >= 11 is 0. The molecule has 0 radical (unpaired) electrons. The van der Waals surface area contributed by atoms with Crippen molar-refractivity contribution in [2.75, 3.05) is 33.9 Å². The quantitative estimate of drug-likeness (QED) is 0.789. The first-order chi connectivity index (χ1) is 11.5. The highest BCUT2D eigenvalue weighted by molar-refractivity contribution is 5.93. The molecule has 2 fully saturated rings. The van der Waals surface area contributed by atoms with Crippen molar-refractivity contribution < 1.29 is 19.1 Å². The Balaban J connectivity index is 1.78. The maximum absolute atomic E-state index is 13.0. The Bertz CT molecular complexity index is 616. The third-order valence-corrected chi connectivity index (χ3v) is 4.84. The molecule has 0 spiro atoms. The van der Waals surface area contributed by atoms with Crippen LogP contribution in [0.4, 0.5) is 0 Å². The molecular formula is C16H24N4O4. The second kappa shape index (κ2) is 6.80. The summed E-state index contributed by atoms with van der Waals surface area (Å²) in [6.45, 7) is 1.22. The molecule has 2 bridgehead atoms. The van der Waals surface area contributed by atoms with Gasteiger partial charge in [-0.2, -0.15) is 5.10 Å². The largest absolute Gasteiger partial charge is 0.481 e. The lowest BCUT2D eigenvalue weighted by Crippen LogP contribution is -2.63. The van der Waals surface area contributed by atoms with Crippen LogP contribution in [-0.2, 0) is 16.6 Å². The van der Waals surface area contributed by atoms with Gasteiger partial charge in [-0.15, -0.1) is 0 Å². The van der Waals surface area contributed by atoms with Crippen LogP contribution in [0.3, 0.4) is 0 Å². The third kappa shape index (κ3) is 2.98. The number of carbonyl (C=O) groups is 2. The van der Waals surface area contributed by atoms with Crippen molar-refractivity contribution in [1.29, 1.82) is 0 Å². The summed E-state index contributed by atoms with van der Waals surface area (Å²) in [5.41, 5.74) is 0.392. The molecule has 1 aromatic heterocycles. The number of aromatic nitrogens is 2. The van der Waals surface area contributed by atoms with Crippen molar-refractivity contribution in [3.8, 4) is 5.88 Å². The maximum atomic E-state index is 13.0. The molecular weight excluding hydrogens is 312 g/mol. The summed E-state index contributed by atoms with van der Waals surface area (Å²) in [4.78, 5) is 28.8. The van der Waals surface area contributed by atoms with Crippen LogP contribution >= 0.6 is 0 Å². The fourth-order valence-corrected chi connectivity index (χ4v) is 3.74. The number of rotatable bonds is 4. The lowest BCUT2D eigenvalue weighted by Gasteiger charge is -2.49. The van der Waals surface area contributed by atoms with Gasteiger partial charge in [-0.1, -0.05) is 0 Å². The Hall–Kier alpha value is -2.09. The molecule has 2 saturated heterocycles. The molecule has 132 valence electrons. The minimum atomic E-state index is -0.0811. The monoisotopic (exact) mass is 336 g/mol. The number of amides is 2. The fourth-order valence-electron chi connectivity index (χ4n) is 3.74. The van der Waals surface area contributed by atoms with Crippen LogP contribution < -0.4 is 4.74 Å². The maximum Gasteiger partial charge on any atom is 0.275 e. The van der Waals surface area contributed by atoms with Crippen LogP contribution in [0.1, 0.15) is 29.8 Å². The number of fused-ring (bicyclic) bond motifs is 2. The number of likely N-dealkylation sites (tertiary alicyclic amines) is 1. The number of piperidine rings is 1. The number of hydrogen-bond donors (Lipinski definition) is 0. The SMILES string of the molecule is COCC(=O)N1CC2CCCC(C1)N2C(=O)c1cc(OC)n(C)n1. The first-order valence-electron chi connectivity index (χ1n) is 8.22. The highest BCUT2D eigenvalue weighted by Gasteiger charge is 2.42. The van der Waals surface area contributed by atoms with E-state index in [0.717, 1.165) is 19.3 Å². The van der Waals surface area contributed by atoms with E-state index in [4.69, 9.17) is 9.47 Å². The lowest BCUT2D eigenvalue weighted by atomic mass is 9.90. The summed E-state index contributed by atoms with van der Waals surface area (Å²) in [6.07, 6.45) is 2.89. The smallest absolute Gasteiger partial charge is 0.275 e. The number of piperazine rings is 1. The van der Waals surface area contributed by atoms with Crippen LogP contribution in [0.15, 0.2) is 6.07 Å². The van der Waals surface area contributed by atoms with Gasteiger partial charge in [0.1, 0.15) is 6.61 Å². The zero-order valence-corrected chi connectivity index (χ0v) is 14.4. The number of carbonyl (C=O) groups excluding carboxylic acids is 2. The van der Waals surface area contributed by atoms with Crippen molar-refractivity contribution in [2.45, 2.75) is 31.3 Å². The van der Waals surface area contributed by atoms with E-state index in [2.05, 4.69) is 5.10 Å². The standard InChI is InChI=1S/C16H24N4O4/c1-18-15(24-3)7-13(17-18)16(22)20-11-5-4-6-12(20)9-19(8-11)14(21)10-23-2/h7,11-12H,4-6,8-10H2,1-3H3. The molecule has 0 aromatic carbocycles. The number of nitrogens with zero attached hydrogens (tertiary/aromatic N) is 4. The molecule has 8 heteroatoms. The van der Waals surface area contributed by atoms with E-state index in [0.29, 0.717) is 24.7 Å². The molecule has 2 unspecified atom stereocenters. The fraction of sp³-hybridized carbons (Fsp3) is 0.688. The van der Waals surface area contributed by atoms with Crippen molar-refractivity contribution in [3.05, 3.63) is 11.8 Å². The zero-order valence-electron chi connectivity index (χ0n) is 14.4. The number of aryl methyl sites for hydroxylation is 1. The van der Waals surface area contributed by atoms with Gasteiger partial charge in [-0.25, -0.2) is 4.68 Å². The van der Waals surface area contributed by atoms with E-state index >= 15 is 0 Å². The minimum Gasteiger partial charge on any atom is -0.481 e. The van der Waals surface area contributed by atoms with Crippen molar-refractivity contribution in [3.63, 3.8) is 0 Å². The highest BCUT2D eigenvalue weighted by Crippen LogP contribution is 2.30. The average molecular weight is 336 g/mol. The predicted molar refractivity (Wildman–Crippen MR) is 85.8 cm³/mol. The van der Waals surface area contributed by atoms with Gasteiger partial charge in [0.15, 0.2) is 5.69 Å². The molecule has 3 heterocycles. The minimum absolute atomic E-state index is 0.0130. The molecule has 0 aliphatic carbocycles. The second-order valence-electron chi connectivity index (χ2n) is 6.38. The Kier molecular flexibility index (Phi) is 4.75. The molecule has 2 amide bonds. The number of ether oxygens (including phenoxy) is 2. The van der Waals surface area contributed by atoms with Crippen LogP contribution in [0.25, 0.3) is 0 Å². The molecule has 8 nitrogen and oxygen atoms in total. The zero-order chi connectivity index (χ0) is 17.3. The summed E-state index contributed by atoms with van der Waals surface area (Å²) in [6, 6.07) is 1.75. The first kappa shape index (κ1) is 16.8. The molecule has 2 atom stereocenters. The molecule has 24 heavy (non-hydrogen) atoms. The van der Waals surface area contributed by atoms with Gasteiger partial charge in [0.05, 0.1) is 19.2 Å². The van der Waals surface area contributed by atoms with Gasteiger partial charge in [-0.05, 0) is 19.3 Å². The van der Waals surface area contributed by atoms with E-state index < -0.39 is 0 Å². The van der Waals surface area contributed by atoms with Gasteiger partial charge in [0, 0.05) is 33.3 Å². The van der Waals surface area contributed by atoms with E-state index in [9.17, 15) is 9.59 Å². The van der Waals surface area contributed by atoms with Crippen molar-refractivity contribution in [1.82, 2.24) is 19.6 Å². The van der Waals surface area contributed by atoms with Crippen LogP contribution in [0.5, 0.6) is 5.88 Å². The summed E-state index contributed by atoms with van der Waals surface area (Å²) in [5.74, 6) is 0.459. The second-order valence-corrected chi connectivity index (χ2v) is 6.38. The van der Waals surface area contributed by atoms with E-state index in [-0.39, 0.29) is 30.5 Å². The molecule has 0 saturated carbocycles. The average Bonchev–Trinajstić information content (AvgIpc) is 2.94. The van der Waals surface area contributed by atoms with E-state index in [1.165, 1.54) is 7.11 Å². The van der Waals surface area contributed by atoms with Crippen molar-refractivity contribution in [2.24, 2.45) is 7.05 Å². The Morgan fingerprint density at radius 2 is 1.92 bits per heavy atom. The third-order valence-electron chi connectivity index (χ3n) is 4.84. The Morgan fingerprint density at radius 1 is 1.25 bits per heavy atom. The van der Waals surface area contributed by atoms with Gasteiger partial charge < -0.3 is 19.3 Å². The summed E-state index contributed by atoms with van der Waals surface area (Å²) in [7, 11) is 4.82. The molecule has 2 aliphatic heterocycles. The Labute approximate surface area is 141 Å². The molecule has 0 N–H and O–H groups in total. The predicted octanol–water partition coefficient (Wildman–Crippen LogP) is 0.281. The molecule has 1 aromatic rings. The van der Waals surface area contributed by atoms with Gasteiger partial charge >= 0.3 is 0 Å².